The Morgan fingerprint density at radius 2 is 1.91 bits per heavy atom. The van der Waals surface area contributed by atoms with Crippen LogP contribution in [0.3, 0.4) is 0 Å². The molecule has 3 rings (SSSR count). The highest BCUT2D eigenvalue weighted by molar-refractivity contribution is 7.99. The number of rotatable bonds is 13. The van der Waals surface area contributed by atoms with Gasteiger partial charge < -0.3 is 24.8 Å². The van der Waals surface area contributed by atoms with Gasteiger partial charge in [-0.3, -0.25) is 4.79 Å². The molecule has 1 amide bonds. The summed E-state index contributed by atoms with van der Waals surface area (Å²) in [6, 6.07) is 5.45. The number of hydrogen-bond acceptors (Lipinski definition) is 9. The van der Waals surface area contributed by atoms with E-state index in [1.165, 1.54) is 0 Å². The standard InChI is InChI=1S/C23H32N6O4S/c1-15(2)34-23-27-21(25-9-11-31-3)17-14-26-29(22(17)28-23)10-8-24-20(30)13-16-6-7-18(32-4)19(12-16)33-5/h6-7,12,14-15H,8-11,13H2,1-5H3,(H,24,30)(H,25,27,28). The Balaban J connectivity index is 1.66. The Kier molecular flexibility index (Phi) is 9.34. The third-order valence-electron chi connectivity index (χ3n) is 4.87. The fourth-order valence-corrected chi connectivity index (χ4v) is 4.01. The molecule has 0 bridgehead atoms. The topological polar surface area (TPSA) is 112 Å². The highest BCUT2D eigenvalue weighted by atomic mass is 32.2. The molecule has 0 unspecified atom stereocenters. The molecule has 0 saturated carbocycles. The Labute approximate surface area is 203 Å². The minimum Gasteiger partial charge on any atom is -0.493 e. The molecule has 1 aromatic carbocycles. The average molecular weight is 489 g/mol. The quantitative estimate of drug-likeness (QED) is 0.213. The largest absolute Gasteiger partial charge is 0.493 e. The Bertz CT molecular complexity index is 1100. The summed E-state index contributed by atoms with van der Waals surface area (Å²) in [6.45, 7) is 6.31. The molecule has 10 nitrogen and oxygen atoms in total. The summed E-state index contributed by atoms with van der Waals surface area (Å²) in [5.41, 5.74) is 1.57. The molecule has 0 fully saturated rings. The molecule has 0 saturated heterocycles. The smallest absolute Gasteiger partial charge is 0.224 e. The number of hydrogen-bond donors (Lipinski definition) is 2. The van der Waals surface area contributed by atoms with E-state index in [-0.39, 0.29) is 12.3 Å². The number of amides is 1. The number of ether oxygens (including phenoxy) is 3. The predicted molar refractivity (Wildman–Crippen MR) is 133 cm³/mol. The zero-order valence-electron chi connectivity index (χ0n) is 20.3. The maximum atomic E-state index is 12.5. The lowest BCUT2D eigenvalue weighted by Gasteiger charge is -2.11. The van der Waals surface area contributed by atoms with E-state index in [0.717, 1.165) is 22.4 Å². The molecule has 11 heteroatoms. The van der Waals surface area contributed by atoms with E-state index in [1.54, 1.807) is 50.0 Å². The zero-order chi connectivity index (χ0) is 24.5. The van der Waals surface area contributed by atoms with Crippen LogP contribution in [0.2, 0.25) is 0 Å². The second-order valence-electron chi connectivity index (χ2n) is 7.76. The lowest BCUT2D eigenvalue weighted by molar-refractivity contribution is -0.120. The summed E-state index contributed by atoms with van der Waals surface area (Å²) in [6.07, 6.45) is 1.99. The molecule has 0 spiro atoms. The van der Waals surface area contributed by atoms with Crippen molar-refractivity contribution in [1.82, 2.24) is 25.1 Å². The molecule has 0 radical (unpaired) electrons. The van der Waals surface area contributed by atoms with Gasteiger partial charge in [0.05, 0.1) is 45.4 Å². The normalized spacial score (nSPS) is 11.1. The first-order valence-corrected chi connectivity index (χ1v) is 11.9. The number of methoxy groups -OCH3 is 3. The average Bonchev–Trinajstić information content (AvgIpc) is 3.21. The lowest BCUT2D eigenvalue weighted by atomic mass is 10.1. The minimum atomic E-state index is -0.0868. The van der Waals surface area contributed by atoms with Gasteiger partial charge in [0.2, 0.25) is 5.91 Å². The summed E-state index contributed by atoms with van der Waals surface area (Å²) in [7, 11) is 4.81. The Hall–Kier alpha value is -3.05. The first kappa shape index (κ1) is 25.6. The van der Waals surface area contributed by atoms with Crippen molar-refractivity contribution in [3.63, 3.8) is 0 Å². The molecule has 2 heterocycles. The van der Waals surface area contributed by atoms with E-state index in [9.17, 15) is 4.79 Å². The predicted octanol–water partition coefficient (Wildman–Crippen LogP) is 2.76. The van der Waals surface area contributed by atoms with Crippen LogP contribution in [0.1, 0.15) is 19.4 Å². The first-order chi connectivity index (χ1) is 16.4. The Morgan fingerprint density at radius 1 is 1.12 bits per heavy atom. The molecule has 2 aromatic heterocycles. The Morgan fingerprint density at radius 3 is 2.62 bits per heavy atom. The van der Waals surface area contributed by atoms with E-state index in [1.807, 2.05) is 12.1 Å². The van der Waals surface area contributed by atoms with Crippen LogP contribution in [0.5, 0.6) is 11.5 Å². The van der Waals surface area contributed by atoms with Gasteiger partial charge in [-0.15, -0.1) is 0 Å². The first-order valence-electron chi connectivity index (χ1n) is 11.1. The van der Waals surface area contributed by atoms with Crippen molar-refractivity contribution in [2.75, 3.05) is 46.3 Å². The molecule has 34 heavy (non-hydrogen) atoms. The van der Waals surface area contributed by atoms with Crippen molar-refractivity contribution in [2.24, 2.45) is 0 Å². The number of aromatic nitrogens is 4. The van der Waals surface area contributed by atoms with Crippen LogP contribution in [0.25, 0.3) is 11.0 Å². The van der Waals surface area contributed by atoms with Crippen molar-refractivity contribution in [3.05, 3.63) is 30.0 Å². The van der Waals surface area contributed by atoms with E-state index in [0.29, 0.717) is 48.1 Å². The van der Waals surface area contributed by atoms with Gasteiger partial charge in [-0.05, 0) is 17.7 Å². The van der Waals surface area contributed by atoms with E-state index >= 15 is 0 Å². The maximum Gasteiger partial charge on any atom is 0.224 e. The van der Waals surface area contributed by atoms with Gasteiger partial charge in [-0.25, -0.2) is 14.6 Å². The number of carbonyl (C=O) groups excluding carboxylic acids is 1. The number of anilines is 1. The number of carbonyl (C=O) groups is 1. The van der Waals surface area contributed by atoms with E-state index < -0.39 is 0 Å². The van der Waals surface area contributed by atoms with Crippen molar-refractivity contribution in [2.45, 2.75) is 37.2 Å². The van der Waals surface area contributed by atoms with Crippen molar-refractivity contribution in [3.8, 4) is 11.5 Å². The van der Waals surface area contributed by atoms with Crippen molar-refractivity contribution in [1.29, 1.82) is 0 Å². The van der Waals surface area contributed by atoms with Gasteiger partial charge >= 0.3 is 0 Å². The lowest BCUT2D eigenvalue weighted by Crippen LogP contribution is -2.29. The van der Waals surface area contributed by atoms with Gasteiger partial charge in [0.1, 0.15) is 5.82 Å². The second kappa shape index (κ2) is 12.4. The summed E-state index contributed by atoms with van der Waals surface area (Å²) >= 11 is 1.59. The SMILES string of the molecule is COCCNc1nc(SC(C)C)nc2c1cnn2CCNC(=O)Cc1ccc(OC)c(OC)c1. The van der Waals surface area contributed by atoms with Crippen LogP contribution in [0.15, 0.2) is 29.6 Å². The molecule has 0 aliphatic carbocycles. The third-order valence-corrected chi connectivity index (χ3v) is 5.74. The summed E-state index contributed by atoms with van der Waals surface area (Å²) < 4.78 is 17.5. The van der Waals surface area contributed by atoms with Gasteiger partial charge in [-0.1, -0.05) is 31.7 Å². The zero-order valence-corrected chi connectivity index (χ0v) is 21.1. The molecule has 184 valence electrons. The van der Waals surface area contributed by atoms with E-state index in [2.05, 4.69) is 34.6 Å². The fraction of sp³-hybridized carbons (Fsp3) is 0.478. The summed E-state index contributed by atoms with van der Waals surface area (Å²) in [4.78, 5) is 21.8. The molecular formula is C23H32N6O4S. The molecular weight excluding hydrogens is 456 g/mol. The van der Waals surface area contributed by atoms with Crippen LogP contribution < -0.4 is 20.1 Å². The highest BCUT2D eigenvalue weighted by Gasteiger charge is 2.15. The van der Waals surface area contributed by atoms with Gasteiger partial charge in [0.15, 0.2) is 22.3 Å². The third kappa shape index (κ3) is 6.73. The van der Waals surface area contributed by atoms with Crippen molar-refractivity contribution >= 4 is 34.5 Å². The van der Waals surface area contributed by atoms with Crippen molar-refractivity contribution < 1.29 is 19.0 Å². The van der Waals surface area contributed by atoms with Gasteiger partial charge in [0, 0.05) is 25.4 Å². The van der Waals surface area contributed by atoms with Gasteiger partial charge in [0.25, 0.3) is 0 Å². The number of nitrogens with one attached hydrogen (secondary N) is 2. The van der Waals surface area contributed by atoms with Crippen LogP contribution in [0, 0.1) is 0 Å². The molecule has 0 aliphatic rings. The fourth-order valence-electron chi connectivity index (χ4n) is 3.31. The minimum absolute atomic E-state index is 0.0868. The maximum absolute atomic E-state index is 12.5. The van der Waals surface area contributed by atoms with Crippen LogP contribution in [-0.4, -0.2) is 71.9 Å². The van der Waals surface area contributed by atoms with E-state index in [4.69, 9.17) is 19.2 Å². The monoisotopic (exact) mass is 488 g/mol. The number of thioether (sulfide) groups is 1. The summed E-state index contributed by atoms with van der Waals surface area (Å²) in [5.74, 6) is 1.87. The number of fused-ring (bicyclic) bond motifs is 1. The molecule has 2 N–H and O–H groups in total. The number of nitrogens with zero attached hydrogens (tertiary/aromatic N) is 4. The molecule has 0 atom stereocenters. The number of benzene rings is 1. The molecule has 3 aromatic rings. The molecule has 0 aliphatic heterocycles. The highest BCUT2D eigenvalue weighted by Crippen LogP contribution is 2.28. The van der Waals surface area contributed by atoms with Crippen LogP contribution in [0.4, 0.5) is 5.82 Å². The summed E-state index contributed by atoms with van der Waals surface area (Å²) in [5, 5.41) is 12.6. The van der Waals surface area contributed by atoms with Crippen LogP contribution >= 0.6 is 11.8 Å². The second-order valence-corrected chi connectivity index (χ2v) is 9.31. The van der Waals surface area contributed by atoms with Gasteiger partial charge in [-0.2, -0.15) is 5.10 Å². The van der Waals surface area contributed by atoms with Crippen LogP contribution in [-0.2, 0) is 22.5 Å².